The van der Waals surface area contributed by atoms with E-state index < -0.39 is 27.5 Å². The number of fused-ring (bicyclic) bond motifs is 1. The first-order valence-corrected chi connectivity index (χ1v) is 15.1. The summed E-state index contributed by atoms with van der Waals surface area (Å²) in [7, 11) is -1.48. The van der Waals surface area contributed by atoms with Crippen LogP contribution in [0.15, 0.2) is 82.4 Å². The van der Waals surface area contributed by atoms with Crippen molar-refractivity contribution in [3.63, 3.8) is 0 Å². The van der Waals surface area contributed by atoms with Crippen LogP contribution in [0.5, 0.6) is 11.5 Å². The first kappa shape index (κ1) is 28.2. The maximum Gasteiger partial charge on any atom is 0.271 e. The Hall–Kier alpha value is -3.90. The molecule has 2 aliphatic rings. The molecule has 12 heteroatoms. The van der Waals surface area contributed by atoms with Crippen LogP contribution in [-0.2, 0) is 27.0 Å². The highest BCUT2D eigenvalue weighted by atomic mass is 35.5. The molecular weight excluding hydrogens is 582 g/mol. The number of carbonyl (C=O) groups is 1. The monoisotopic (exact) mass is 609 g/mol. The molecule has 0 saturated carbocycles. The molecule has 10 nitrogen and oxygen atoms in total. The number of likely N-dealkylation sites (tertiary alicyclic amines) is 1. The number of aromatic nitrogens is 1. The van der Waals surface area contributed by atoms with Gasteiger partial charge in [-0.05, 0) is 66.9 Å². The molecule has 1 fully saturated rings. The molecule has 1 N–H and O–H groups in total. The molecule has 0 spiro atoms. The molecule has 0 bridgehead atoms. The Morgan fingerprint density at radius 3 is 2.52 bits per heavy atom. The Kier molecular flexibility index (Phi) is 7.22. The summed E-state index contributed by atoms with van der Waals surface area (Å²) in [6, 6.07) is 15.2. The van der Waals surface area contributed by atoms with Gasteiger partial charge in [-0.25, -0.2) is 17.7 Å². The van der Waals surface area contributed by atoms with Crippen molar-refractivity contribution >= 4 is 33.2 Å². The largest absolute Gasteiger partial charge is 0.497 e. The van der Waals surface area contributed by atoms with Crippen LogP contribution in [0.1, 0.15) is 41.5 Å². The molecule has 0 radical (unpaired) electrons. The van der Waals surface area contributed by atoms with E-state index in [1.165, 1.54) is 57.0 Å². The summed E-state index contributed by atoms with van der Waals surface area (Å²) in [5, 5.41) is 10.4. The minimum atomic E-state index is -4.44. The molecular formula is C30H28ClN3O7S. The minimum absolute atomic E-state index is 0.0971. The number of ether oxygens (including phenoxy) is 2. The molecule has 3 aromatic carbocycles. The molecule has 3 heterocycles. The molecule has 2 aliphatic heterocycles. The summed E-state index contributed by atoms with van der Waals surface area (Å²) < 4.78 is 46.2. The SMILES string of the molecule is COc1ccc(S(=O)(=O)N2C(=O)C(c3cc(CO)ccc3OC)(N3CCCC3c3ncco3)c3ccc(Cl)cc32)cc1. The number of methoxy groups -OCH3 is 2. The van der Waals surface area contributed by atoms with Gasteiger partial charge < -0.3 is 19.0 Å². The zero-order valence-electron chi connectivity index (χ0n) is 22.9. The van der Waals surface area contributed by atoms with Crippen LogP contribution in [0.25, 0.3) is 0 Å². The molecule has 218 valence electrons. The van der Waals surface area contributed by atoms with E-state index in [1.54, 1.807) is 30.3 Å². The van der Waals surface area contributed by atoms with Gasteiger partial charge in [0, 0.05) is 22.7 Å². The van der Waals surface area contributed by atoms with Gasteiger partial charge in [-0.3, -0.25) is 9.69 Å². The van der Waals surface area contributed by atoms with E-state index in [-0.39, 0.29) is 22.2 Å². The first-order valence-electron chi connectivity index (χ1n) is 13.3. The summed E-state index contributed by atoms with van der Waals surface area (Å²) in [6.45, 7) is 0.121. The maximum absolute atomic E-state index is 15.2. The molecule has 1 saturated heterocycles. The molecule has 42 heavy (non-hydrogen) atoms. The molecule has 2 atom stereocenters. The Morgan fingerprint density at radius 2 is 1.86 bits per heavy atom. The third kappa shape index (κ3) is 4.18. The smallest absolute Gasteiger partial charge is 0.271 e. The van der Waals surface area contributed by atoms with Gasteiger partial charge in [-0.1, -0.05) is 23.7 Å². The highest BCUT2D eigenvalue weighted by Crippen LogP contribution is 2.56. The number of oxazole rings is 1. The number of hydrogen-bond donors (Lipinski definition) is 1. The van der Waals surface area contributed by atoms with Crippen molar-refractivity contribution in [3.8, 4) is 11.5 Å². The Bertz CT molecular complexity index is 1750. The van der Waals surface area contributed by atoms with Crippen LogP contribution in [0.4, 0.5) is 5.69 Å². The quantitative estimate of drug-likeness (QED) is 0.304. The molecule has 0 aliphatic carbocycles. The van der Waals surface area contributed by atoms with E-state index in [1.807, 2.05) is 4.90 Å². The number of anilines is 1. The van der Waals surface area contributed by atoms with Crippen molar-refractivity contribution in [1.82, 2.24) is 9.88 Å². The van der Waals surface area contributed by atoms with E-state index in [4.69, 9.17) is 25.5 Å². The zero-order chi connectivity index (χ0) is 29.6. The third-order valence-corrected chi connectivity index (χ3v) is 9.86. The van der Waals surface area contributed by atoms with Gasteiger partial charge in [0.15, 0.2) is 5.54 Å². The number of benzene rings is 3. The van der Waals surface area contributed by atoms with Gasteiger partial charge in [0.05, 0.1) is 43.6 Å². The van der Waals surface area contributed by atoms with Crippen LogP contribution in [0.2, 0.25) is 5.02 Å². The predicted molar refractivity (Wildman–Crippen MR) is 154 cm³/mol. The predicted octanol–water partition coefficient (Wildman–Crippen LogP) is 4.65. The van der Waals surface area contributed by atoms with Crippen molar-refractivity contribution in [2.24, 2.45) is 0 Å². The van der Waals surface area contributed by atoms with Crippen molar-refractivity contribution in [1.29, 1.82) is 0 Å². The zero-order valence-corrected chi connectivity index (χ0v) is 24.4. The fourth-order valence-corrected chi connectivity index (χ4v) is 7.71. The van der Waals surface area contributed by atoms with Crippen molar-refractivity contribution < 1.29 is 32.2 Å². The number of aliphatic hydroxyl groups excluding tert-OH is 1. The van der Waals surface area contributed by atoms with Crippen molar-refractivity contribution in [2.45, 2.75) is 35.9 Å². The standard InChI is InChI=1S/C30H28ClN3O7S/c1-39-21-7-9-22(10-8-21)42(37,38)34-26-17-20(31)6-11-23(26)30(29(34)36,24-16-19(18-35)5-12-27(24)40-2)33-14-3-4-25(33)28-32-13-15-41-28/h5-13,15-17,25,35H,3-4,14,18H2,1-2H3. The normalized spacial score (nSPS) is 20.6. The highest BCUT2D eigenvalue weighted by molar-refractivity contribution is 7.93. The summed E-state index contributed by atoms with van der Waals surface area (Å²) in [5.41, 5.74) is -0.266. The average molecular weight is 610 g/mol. The lowest BCUT2D eigenvalue weighted by atomic mass is 9.80. The minimum Gasteiger partial charge on any atom is -0.497 e. The van der Waals surface area contributed by atoms with Gasteiger partial charge in [-0.15, -0.1) is 0 Å². The van der Waals surface area contributed by atoms with Crippen molar-refractivity contribution in [3.05, 3.63) is 101 Å². The van der Waals surface area contributed by atoms with E-state index in [0.29, 0.717) is 53.5 Å². The second-order valence-electron chi connectivity index (χ2n) is 10.0. The summed E-state index contributed by atoms with van der Waals surface area (Å²) >= 11 is 6.44. The summed E-state index contributed by atoms with van der Waals surface area (Å²) in [4.78, 5) is 21.4. The van der Waals surface area contributed by atoms with E-state index >= 15 is 4.79 Å². The van der Waals surface area contributed by atoms with E-state index in [9.17, 15) is 13.5 Å². The number of rotatable bonds is 8. The van der Waals surface area contributed by atoms with Crippen molar-refractivity contribution in [2.75, 3.05) is 25.1 Å². The van der Waals surface area contributed by atoms with Crippen LogP contribution in [0.3, 0.4) is 0 Å². The first-order chi connectivity index (χ1) is 20.3. The fraction of sp³-hybridized carbons (Fsp3) is 0.267. The second kappa shape index (κ2) is 10.7. The Balaban J connectivity index is 1.67. The second-order valence-corrected chi connectivity index (χ2v) is 12.3. The van der Waals surface area contributed by atoms with E-state index in [0.717, 1.165) is 4.31 Å². The molecule has 2 unspecified atom stereocenters. The highest BCUT2D eigenvalue weighted by Gasteiger charge is 2.62. The number of amides is 1. The number of hydrogen-bond acceptors (Lipinski definition) is 9. The molecule has 1 aromatic heterocycles. The van der Waals surface area contributed by atoms with Crippen LogP contribution < -0.4 is 13.8 Å². The van der Waals surface area contributed by atoms with Gasteiger partial charge in [0.25, 0.3) is 15.9 Å². The summed E-state index contributed by atoms with van der Waals surface area (Å²) in [5.74, 6) is 0.491. The van der Waals surface area contributed by atoms with Gasteiger partial charge >= 0.3 is 0 Å². The lowest BCUT2D eigenvalue weighted by molar-refractivity contribution is -0.127. The average Bonchev–Trinajstić information content (AvgIpc) is 3.75. The van der Waals surface area contributed by atoms with Crippen LogP contribution in [0, 0.1) is 0 Å². The Labute approximate surface area is 248 Å². The lowest BCUT2D eigenvalue weighted by Crippen LogP contribution is -2.54. The van der Waals surface area contributed by atoms with E-state index in [2.05, 4.69) is 4.98 Å². The maximum atomic E-state index is 15.2. The number of aliphatic hydroxyl groups is 1. The van der Waals surface area contributed by atoms with Gasteiger partial charge in [0.1, 0.15) is 17.8 Å². The Morgan fingerprint density at radius 1 is 1.07 bits per heavy atom. The topological polar surface area (TPSA) is 122 Å². The van der Waals surface area contributed by atoms with Crippen LogP contribution in [-0.4, -0.2) is 50.1 Å². The number of nitrogens with zero attached hydrogens (tertiary/aromatic N) is 3. The third-order valence-electron chi connectivity index (χ3n) is 7.92. The van der Waals surface area contributed by atoms with Gasteiger partial charge in [0.2, 0.25) is 5.89 Å². The molecule has 6 rings (SSSR count). The number of halogens is 1. The van der Waals surface area contributed by atoms with Gasteiger partial charge in [-0.2, -0.15) is 0 Å². The number of sulfonamides is 1. The molecule has 4 aromatic rings. The number of carbonyl (C=O) groups excluding carboxylic acids is 1. The fourth-order valence-electron chi connectivity index (χ4n) is 6.09. The van der Waals surface area contributed by atoms with Crippen LogP contribution >= 0.6 is 11.6 Å². The summed E-state index contributed by atoms with van der Waals surface area (Å²) in [6.07, 6.45) is 4.32. The lowest BCUT2D eigenvalue weighted by Gasteiger charge is -2.41. The molecule has 1 amide bonds.